The summed E-state index contributed by atoms with van der Waals surface area (Å²) in [7, 11) is 1.65. The highest BCUT2D eigenvalue weighted by Crippen LogP contribution is 2.23. The third-order valence-corrected chi connectivity index (χ3v) is 3.94. The van der Waals surface area contributed by atoms with Gasteiger partial charge in [-0.05, 0) is 49.3 Å². The predicted octanol–water partition coefficient (Wildman–Crippen LogP) is 2.11. The SMILES string of the molecule is COCc1cccc(C(=O)NC2CCC(CO)CC2)c1. The van der Waals surface area contributed by atoms with Crippen LogP contribution in [0, 0.1) is 5.92 Å². The Labute approximate surface area is 120 Å². The molecular formula is C16H23NO3. The number of ether oxygens (including phenoxy) is 1. The average molecular weight is 277 g/mol. The number of carbonyl (C=O) groups is 1. The van der Waals surface area contributed by atoms with Crippen molar-refractivity contribution in [1.29, 1.82) is 0 Å². The van der Waals surface area contributed by atoms with E-state index in [0.717, 1.165) is 31.2 Å². The smallest absolute Gasteiger partial charge is 0.251 e. The van der Waals surface area contributed by atoms with Crippen molar-refractivity contribution in [3.05, 3.63) is 35.4 Å². The third-order valence-electron chi connectivity index (χ3n) is 3.94. The van der Waals surface area contributed by atoms with E-state index in [-0.39, 0.29) is 18.6 Å². The number of hydrogen-bond acceptors (Lipinski definition) is 3. The second-order valence-corrected chi connectivity index (χ2v) is 5.51. The Kier molecular flexibility index (Phi) is 5.56. The van der Waals surface area contributed by atoms with E-state index in [1.807, 2.05) is 24.3 Å². The fourth-order valence-electron chi connectivity index (χ4n) is 2.73. The van der Waals surface area contributed by atoms with Gasteiger partial charge in [-0.15, -0.1) is 0 Å². The molecule has 2 N–H and O–H groups in total. The molecule has 1 amide bonds. The zero-order valence-electron chi connectivity index (χ0n) is 12.0. The van der Waals surface area contributed by atoms with Gasteiger partial charge in [-0.2, -0.15) is 0 Å². The van der Waals surface area contributed by atoms with Crippen LogP contribution in [0.15, 0.2) is 24.3 Å². The summed E-state index contributed by atoms with van der Waals surface area (Å²) in [6, 6.07) is 7.77. The number of aliphatic hydroxyl groups is 1. The molecule has 0 spiro atoms. The summed E-state index contributed by atoms with van der Waals surface area (Å²) in [5.74, 6) is 0.392. The average Bonchev–Trinajstić information content (AvgIpc) is 2.48. The van der Waals surface area contributed by atoms with Gasteiger partial charge in [0.05, 0.1) is 6.61 Å². The maximum absolute atomic E-state index is 12.2. The van der Waals surface area contributed by atoms with Crippen LogP contribution in [0.5, 0.6) is 0 Å². The summed E-state index contributed by atoms with van der Waals surface area (Å²) in [6.07, 6.45) is 3.89. The van der Waals surface area contributed by atoms with Crippen LogP contribution in [-0.4, -0.2) is 30.8 Å². The minimum absolute atomic E-state index is 0.0181. The zero-order chi connectivity index (χ0) is 14.4. The van der Waals surface area contributed by atoms with Crippen molar-refractivity contribution >= 4 is 5.91 Å². The van der Waals surface area contributed by atoms with Gasteiger partial charge in [-0.25, -0.2) is 0 Å². The highest BCUT2D eigenvalue weighted by atomic mass is 16.5. The topological polar surface area (TPSA) is 58.6 Å². The Morgan fingerprint density at radius 2 is 2.10 bits per heavy atom. The lowest BCUT2D eigenvalue weighted by atomic mass is 9.86. The van der Waals surface area contributed by atoms with Crippen LogP contribution in [0.2, 0.25) is 0 Å². The number of rotatable bonds is 5. The number of hydrogen-bond donors (Lipinski definition) is 2. The Morgan fingerprint density at radius 3 is 2.75 bits per heavy atom. The summed E-state index contributed by atoms with van der Waals surface area (Å²) < 4.78 is 5.08. The Hall–Kier alpha value is -1.39. The van der Waals surface area contributed by atoms with Crippen LogP contribution >= 0.6 is 0 Å². The van der Waals surface area contributed by atoms with Gasteiger partial charge in [-0.1, -0.05) is 12.1 Å². The van der Waals surface area contributed by atoms with E-state index in [9.17, 15) is 4.79 Å². The predicted molar refractivity (Wildman–Crippen MR) is 77.5 cm³/mol. The molecule has 1 aliphatic carbocycles. The molecule has 0 aromatic heterocycles. The van der Waals surface area contributed by atoms with Gasteiger partial charge in [0.1, 0.15) is 0 Å². The van der Waals surface area contributed by atoms with E-state index in [1.165, 1.54) is 0 Å². The molecule has 1 aromatic carbocycles. The van der Waals surface area contributed by atoms with E-state index < -0.39 is 0 Å². The summed E-state index contributed by atoms with van der Waals surface area (Å²) in [4.78, 5) is 12.2. The van der Waals surface area contributed by atoms with Crippen molar-refractivity contribution in [3.63, 3.8) is 0 Å². The van der Waals surface area contributed by atoms with Gasteiger partial charge in [0.2, 0.25) is 0 Å². The van der Waals surface area contributed by atoms with Crippen LogP contribution in [0.4, 0.5) is 0 Å². The minimum Gasteiger partial charge on any atom is -0.396 e. The largest absolute Gasteiger partial charge is 0.396 e. The number of aliphatic hydroxyl groups excluding tert-OH is 1. The molecule has 1 aromatic rings. The summed E-state index contributed by atoms with van der Waals surface area (Å²) in [5, 5.41) is 12.2. The second kappa shape index (κ2) is 7.41. The van der Waals surface area contributed by atoms with E-state index in [2.05, 4.69) is 5.32 Å². The molecule has 1 saturated carbocycles. The van der Waals surface area contributed by atoms with Crippen molar-refractivity contribution in [1.82, 2.24) is 5.32 Å². The maximum Gasteiger partial charge on any atom is 0.251 e. The molecule has 1 aliphatic rings. The normalized spacial score (nSPS) is 22.5. The first-order chi connectivity index (χ1) is 9.72. The van der Waals surface area contributed by atoms with Crippen molar-refractivity contribution in [2.24, 2.45) is 5.92 Å². The number of amides is 1. The van der Waals surface area contributed by atoms with E-state index >= 15 is 0 Å². The fourth-order valence-corrected chi connectivity index (χ4v) is 2.73. The molecule has 20 heavy (non-hydrogen) atoms. The Bertz CT molecular complexity index is 439. The Morgan fingerprint density at radius 1 is 1.35 bits per heavy atom. The molecule has 0 aliphatic heterocycles. The van der Waals surface area contributed by atoms with E-state index in [0.29, 0.717) is 18.1 Å². The molecule has 0 saturated heterocycles. The molecule has 2 rings (SSSR count). The van der Waals surface area contributed by atoms with Crippen LogP contribution < -0.4 is 5.32 Å². The fraction of sp³-hybridized carbons (Fsp3) is 0.562. The van der Waals surface area contributed by atoms with Gasteiger partial charge in [0.15, 0.2) is 0 Å². The molecule has 4 heteroatoms. The van der Waals surface area contributed by atoms with Gasteiger partial charge in [0.25, 0.3) is 5.91 Å². The number of carbonyl (C=O) groups excluding carboxylic acids is 1. The summed E-state index contributed by atoms with van der Waals surface area (Å²) >= 11 is 0. The molecule has 0 bridgehead atoms. The highest BCUT2D eigenvalue weighted by Gasteiger charge is 2.22. The van der Waals surface area contributed by atoms with Crippen LogP contribution in [0.1, 0.15) is 41.6 Å². The highest BCUT2D eigenvalue weighted by molar-refractivity contribution is 5.94. The van der Waals surface area contributed by atoms with Crippen molar-refractivity contribution in [2.45, 2.75) is 38.3 Å². The number of nitrogens with one attached hydrogen (secondary N) is 1. The first-order valence-electron chi connectivity index (χ1n) is 7.22. The van der Waals surface area contributed by atoms with Crippen molar-refractivity contribution in [2.75, 3.05) is 13.7 Å². The standard InChI is InChI=1S/C16H23NO3/c1-20-11-13-3-2-4-14(9-13)16(19)17-15-7-5-12(10-18)6-8-15/h2-4,9,12,15,18H,5-8,10-11H2,1H3,(H,17,19). The van der Waals surface area contributed by atoms with E-state index in [1.54, 1.807) is 7.11 Å². The molecular weight excluding hydrogens is 254 g/mol. The van der Waals surface area contributed by atoms with Gasteiger partial charge in [0, 0.05) is 25.3 Å². The maximum atomic E-state index is 12.2. The molecule has 0 radical (unpaired) electrons. The quantitative estimate of drug-likeness (QED) is 0.866. The number of methoxy groups -OCH3 is 1. The van der Waals surface area contributed by atoms with Crippen LogP contribution in [0.3, 0.4) is 0 Å². The van der Waals surface area contributed by atoms with Gasteiger partial charge in [-0.3, -0.25) is 4.79 Å². The molecule has 1 fully saturated rings. The van der Waals surface area contributed by atoms with Crippen molar-refractivity contribution < 1.29 is 14.6 Å². The van der Waals surface area contributed by atoms with Gasteiger partial charge >= 0.3 is 0 Å². The zero-order valence-corrected chi connectivity index (χ0v) is 12.0. The molecule has 0 atom stereocenters. The number of benzene rings is 1. The third kappa shape index (κ3) is 4.05. The first-order valence-corrected chi connectivity index (χ1v) is 7.22. The first kappa shape index (κ1) is 15.0. The lowest BCUT2D eigenvalue weighted by molar-refractivity contribution is 0.0913. The molecule has 4 nitrogen and oxygen atoms in total. The minimum atomic E-state index is -0.0181. The lowest BCUT2D eigenvalue weighted by Crippen LogP contribution is -2.38. The lowest BCUT2D eigenvalue weighted by Gasteiger charge is -2.28. The van der Waals surface area contributed by atoms with Crippen LogP contribution in [0.25, 0.3) is 0 Å². The van der Waals surface area contributed by atoms with Crippen LogP contribution in [-0.2, 0) is 11.3 Å². The molecule has 0 unspecified atom stereocenters. The molecule has 0 heterocycles. The van der Waals surface area contributed by atoms with Crippen molar-refractivity contribution in [3.8, 4) is 0 Å². The summed E-state index contributed by atoms with van der Waals surface area (Å²) in [5.41, 5.74) is 1.69. The van der Waals surface area contributed by atoms with E-state index in [4.69, 9.17) is 9.84 Å². The van der Waals surface area contributed by atoms with Gasteiger partial charge < -0.3 is 15.2 Å². The second-order valence-electron chi connectivity index (χ2n) is 5.51. The Balaban J connectivity index is 1.90. The monoisotopic (exact) mass is 277 g/mol. The molecule has 110 valence electrons. The summed E-state index contributed by atoms with van der Waals surface area (Å²) in [6.45, 7) is 0.780.